The van der Waals surface area contributed by atoms with Crippen molar-refractivity contribution in [3.63, 3.8) is 0 Å². The number of para-hydroxylation sites is 1. The summed E-state index contributed by atoms with van der Waals surface area (Å²) < 4.78 is 23.9. The van der Waals surface area contributed by atoms with Gasteiger partial charge in [-0.25, -0.2) is 4.39 Å². The average Bonchev–Trinajstić information content (AvgIpc) is 2.64. The molecule has 6 nitrogen and oxygen atoms in total. The number of hydrogen-bond acceptors (Lipinski definition) is 4. The fraction of sp³-hybridized carbons (Fsp3) is 0.111. The SMILES string of the molecule is COc1cccc(/C=C/C(=O)NNC(=O)c2ccccc2F)c1OC. The molecule has 130 valence electrons. The topological polar surface area (TPSA) is 76.7 Å². The van der Waals surface area contributed by atoms with Gasteiger partial charge in [0, 0.05) is 11.6 Å². The van der Waals surface area contributed by atoms with Crippen LogP contribution in [0.2, 0.25) is 0 Å². The summed E-state index contributed by atoms with van der Waals surface area (Å²) in [6.07, 6.45) is 2.71. The third-order valence-corrected chi connectivity index (χ3v) is 3.27. The van der Waals surface area contributed by atoms with E-state index < -0.39 is 17.6 Å². The Hall–Kier alpha value is -3.35. The number of halogens is 1. The van der Waals surface area contributed by atoms with Gasteiger partial charge in [-0.15, -0.1) is 0 Å². The highest BCUT2D eigenvalue weighted by Gasteiger charge is 2.11. The molecular formula is C18H17FN2O4. The fourth-order valence-corrected chi connectivity index (χ4v) is 2.08. The van der Waals surface area contributed by atoms with Gasteiger partial charge < -0.3 is 9.47 Å². The second-order valence-electron chi connectivity index (χ2n) is 4.84. The van der Waals surface area contributed by atoms with E-state index in [1.165, 1.54) is 44.6 Å². The summed E-state index contributed by atoms with van der Waals surface area (Å²) in [5, 5.41) is 0. The zero-order valence-corrected chi connectivity index (χ0v) is 13.7. The Kier molecular flexibility index (Phi) is 6.11. The quantitative estimate of drug-likeness (QED) is 0.645. The Morgan fingerprint density at radius 1 is 1.00 bits per heavy atom. The Morgan fingerprint density at radius 2 is 1.76 bits per heavy atom. The molecule has 0 radical (unpaired) electrons. The van der Waals surface area contributed by atoms with Gasteiger partial charge in [-0.1, -0.05) is 24.3 Å². The lowest BCUT2D eigenvalue weighted by Crippen LogP contribution is -2.41. The van der Waals surface area contributed by atoms with E-state index in [2.05, 4.69) is 10.9 Å². The number of benzene rings is 2. The maximum absolute atomic E-state index is 13.5. The van der Waals surface area contributed by atoms with Crippen LogP contribution < -0.4 is 20.3 Å². The van der Waals surface area contributed by atoms with E-state index in [1.54, 1.807) is 18.2 Å². The van der Waals surface area contributed by atoms with Crippen molar-refractivity contribution >= 4 is 17.9 Å². The maximum Gasteiger partial charge on any atom is 0.272 e. The third kappa shape index (κ3) is 4.57. The molecule has 7 heteroatoms. The van der Waals surface area contributed by atoms with E-state index in [0.29, 0.717) is 17.1 Å². The largest absolute Gasteiger partial charge is 0.493 e. The molecule has 0 aliphatic carbocycles. The van der Waals surface area contributed by atoms with Crippen LogP contribution in [-0.4, -0.2) is 26.0 Å². The molecule has 2 amide bonds. The van der Waals surface area contributed by atoms with Gasteiger partial charge in [0.05, 0.1) is 19.8 Å². The lowest BCUT2D eigenvalue weighted by molar-refractivity contribution is -0.117. The number of methoxy groups -OCH3 is 2. The summed E-state index contributed by atoms with van der Waals surface area (Å²) in [7, 11) is 3.00. The molecule has 0 aromatic heterocycles. The third-order valence-electron chi connectivity index (χ3n) is 3.27. The van der Waals surface area contributed by atoms with Gasteiger partial charge in [-0.3, -0.25) is 20.4 Å². The van der Waals surface area contributed by atoms with Crippen molar-refractivity contribution in [2.45, 2.75) is 0 Å². The molecule has 0 unspecified atom stereocenters. The molecule has 25 heavy (non-hydrogen) atoms. The minimum Gasteiger partial charge on any atom is -0.493 e. The Labute approximate surface area is 144 Å². The summed E-state index contributed by atoms with van der Waals surface area (Å²) >= 11 is 0. The first-order chi connectivity index (χ1) is 12.1. The predicted octanol–water partition coefficient (Wildman–Crippen LogP) is 2.32. The van der Waals surface area contributed by atoms with E-state index in [-0.39, 0.29) is 5.56 Å². The van der Waals surface area contributed by atoms with E-state index >= 15 is 0 Å². The van der Waals surface area contributed by atoms with E-state index in [9.17, 15) is 14.0 Å². The van der Waals surface area contributed by atoms with Crippen LogP contribution in [0.1, 0.15) is 15.9 Å². The highest BCUT2D eigenvalue weighted by atomic mass is 19.1. The number of rotatable bonds is 5. The number of carbonyl (C=O) groups excluding carboxylic acids is 2. The fourth-order valence-electron chi connectivity index (χ4n) is 2.08. The zero-order chi connectivity index (χ0) is 18.2. The van der Waals surface area contributed by atoms with Crippen molar-refractivity contribution < 1.29 is 23.5 Å². The van der Waals surface area contributed by atoms with Crippen molar-refractivity contribution in [1.82, 2.24) is 10.9 Å². The van der Waals surface area contributed by atoms with Crippen LogP contribution in [0.15, 0.2) is 48.5 Å². The lowest BCUT2D eigenvalue weighted by atomic mass is 10.1. The molecule has 0 saturated heterocycles. The van der Waals surface area contributed by atoms with Crippen LogP contribution in [0.4, 0.5) is 4.39 Å². The van der Waals surface area contributed by atoms with Crippen LogP contribution in [0.3, 0.4) is 0 Å². The van der Waals surface area contributed by atoms with Crippen molar-refractivity contribution in [1.29, 1.82) is 0 Å². The maximum atomic E-state index is 13.5. The summed E-state index contributed by atoms with van der Waals surface area (Å²) in [6.45, 7) is 0. The number of nitrogens with one attached hydrogen (secondary N) is 2. The molecule has 0 atom stereocenters. The second-order valence-corrected chi connectivity index (χ2v) is 4.84. The predicted molar refractivity (Wildman–Crippen MR) is 90.6 cm³/mol. The normalized spacial score (nSPS) is 10.4. The molecule has 0 heterocycles. The van der Waals surface area contributed by atoms with Gasteiger partial charge >= 0.3 is 0 Å². The van der Waals surface area contributed by atoms with Crippen molar-refractivity contribution in [3.8, 4) is 11.5 Å². The molecular weight excluding hydrogens is 327 g/mol. The van der Waals surface area contributed by atoms with Gasteiger partial charge in [-0.2, -0.15) is 0 Å². The van der Waals surface area contributed by atoms with Crippen LogP contribution >= 0.6 is 0 Å². The van der Waals surface area contributed by atoms with Crippen molar-refractivity contribution in [2.24, 2.45) is 0 Å². The summed E-state index contributed by atoms with van der Waals surface area (Å²) in [5.41, 5.74) is 4.78. The first-order valence-corrected chi connectivity index (χ1v) is 7.30. The number of amides is 2. The number of hydrogen-bond donors (Lipinski definition) is 2. The first-order valence-electron chi connectivity index (χ1n) is 7.30. The summed E-state index contributed by atoms with van der Waals surface area (Å²) in [4.78, 5) is 23.6. The standard InChI is InChI=1S/C18H17FN2O4/c1-24-15-9-5-6-12(17(15)25-2)10-11-16(22)20-21-18(23)13-7-3-4-8-14(13)19/h3-11H,1-2H3,(H,20,22)(H,21,23)/b11-10+. The zero-order valence-electron chi connectivity index (χ0n) is 13.7. The van der Waals surface area contributed by atoms with Crippen molar-refractivity contribution in [2.75, 3.05) is 14.2 Å². The summed E-state index contributed by atoms with van der Waals surface area (Å²) in [5.74, 6) is -1.01. The Bertz CT molecular complexity index is 805. The molecule has 0 aliphatic rings. The molecule has 0 bridgehead atoms. The van der Waals surface area contributed by atoms with Gasteiger partial charge in [0.1, 0.15) is 5.82 Å². The van der Waals surface area contributed by atoms with Crippen LogP contribution in [-0.2, 0) is 4.79 Å². The number of ether oxygens (including phenoxy) is 2. The number of hydrazine groups is 1. The molecule has 2 N–H and O–H groups in total. The summed E-state index contributed by atoms with van der Waals surface area (Å²) in [6, 6.07) is 10.7. The van der Waals surface area contributed by atoms with E-state index in [1.807, 2.05) is 0 Å². The van der Waals surface area contributed by atoms with Crippen LogP contribution in [0.5, 0.6) is 11.5 Å². The lowest BCUT2D eigenvalue weighted by Gasteiger charge is -2.10. The minimum atomic E-state index is -0.751. The molecule has 0 saturated carbocycles. The van der Waals surface area contributed by atoms with Gasteiger partial charge in [0.25, 0.3) is 11.8 Å². The molecule has 0 fully saturated rings. The first kappa shape index (κ1) is 18.0. The Morgan fingerprint density at radius 3 is 2.44 bits per heavy atom. The number of carbonyl (C=O) groups is 2. The molecule has 2 aromatic carbocycles. The van der Waals surface area contributed by atoms with Crippen molar-refractivity contribution in [3.05, 3.63) is 65.5 Å². The minimum absolute atomic E-state index is 0.166. The van der Waals surface area contributed by atoms with E-state index in [4.69, 9.17) is 9.47 Å². The van der Waals surface area contributed by atoms with E-state index in [0.717, 1.165) is 6.07 Å². The molecule has 2 aromatic rings. The Balaban J connectivity index is 2.00. The second kappa shape index (κ2) is 8.49. The molecule has 0 aliphatic heterocycles. The smallest absolute Gasteiger partial charge is 0.272 e. The highest BCUT2D eigenvalue weighted by molar-refractivity contribution is 5.98. The molecule has 0 spiro atoms. The average molecular weight is 344 g/mol. The van der Waals surface area contributed by atoms with Gasteiger partial charge in [-0.05, 0) is 24.3 Å². The van der Waals surface area contributed by atoms with Gasteiger partial charge in [0.15, 0.2) is 11.5 Å². The van der Waals surface area contributed by atoms with Crippen LogP contribution in [0, 0.1) is 5.82 Å². The van der Waals surface area contributed by atoms with Crippen LogP contribution in [0.25, 0.3) is 6.08 Å². The monoisotopic (exact) mass is 344 g/mol. The highest BCUT2D eigenvalue weighted by Crippen LogP contribution is 2.31. The van der Waals surface area contributed by atoms with Gasteiger partial charge in [0.2, 0.25) is 0 Å². The molecule has 2 rings (SSSR count).